The summed E-state index contributed by atoms with van der Waals surface area (Å²) in [5, 5.41) is 17.6. The van der Waals surface area contributed by atoms with E-state index < -0.39 is 0 Å². The van der Waals surface area contributed by atoms with Gasteiger partial charge in [0.25, 0.3) is 0 Å². The summed E-state index contributed by atoms with van der Waals surface area (Å²) in [7, 11) is 2.00. The lowest BCUT2D eigenvalue weighted by Gasteiger charge is -2.16. The van der Waals surface area contributed by atoms with Crippen molar-refractivity contribution in [2.24, 2.45) is 0 Å². The van der Waals surface area contributed by atoms with E-state index in [4.69, 9.17) is 0 Å². The second-order valence-electron chi connectivity index (χ2n) is 3.65. The molecule has 0 amide bonds. The van der Waals surface area contributed by atoms with Crippen molar-refractivity contribution in [2.45, 2.75) is 6.54 Å². The minimum atomic E-state index is 0.651. The Labute approximate surface area is 101 Å². The van der Waals surface area contributed by atoms with Crippen molar-refractivity contribution in [3.05, 3.63) is 34.5 Å². The van der Waals surface area contributed by atoms with Gasteiger partial charge in [-0.1, -0.05) is 6.07 Å². The largest absolute Gasteiger partial charge is 0.353 e. The van der Waals surface area contributed by atoms with Gasteiger partial charge in [-0.25, -0.2) is 0 Å². The van der Waals surface area contributed by atoms with Crippen molar-refractivity contribution in [2.75, 3.05) is 11.9 Å². The van der Waals surface area contributed by atoms with E-state index in [0.717, 1.165) is 12.4 Å². The first-order valence-corrected chi connectivity index (χ1v) is 6.00. The molecule has 3 rings (SSSR count). The summed E-state index contributed by atoms with van der Waals surface area (Å²) < 4.78 is 1.43. The molecule has 0 aromatic carbocycles. The molecule has 17 heavy (non-hydrogen) atoms. The van der Waals surface area contributed by atoms with Crippen molar-refractivity contribution >= 4 is 22.8 Å². The standard InChI is InChI=1S/C10H10N6S/c1-15(7-8-3-2-6-17-8)10-5-4-9-11-13-14-16(9)12-10/h2-6H,7H2,1H3. The average molecular weight is 246 g/mol. The molecule has 86 valence electrons. The summed E-state index contributed by atoms with van der Waals surface area (Å²) in [5.74, 6) is 0.846. The van der Waals surface area contributed by atoms with Crippen LogP contribution in [0.4, 0.5) is 5.82 Å². The highest BCUT2D eigenvalue weighted by atomic mass is 32.1. The molecule has 0 saturated carbocycles. The van der Waals surface area contributed by atoms with Crippen LogP contribution in [0.3, 0.4) is 0 Å². The summed E-state index contributed by atoms with van der Waals surface area (Å²) in [4.78, 5) is 3.36. The molecule has 0 aliphatic carbocycles. The Bertz CT molecular complexity index is 617. The fourth-order valence-corrected chi connectivity index (χ4v) is 2.32. The second-order valence-corrected chi connectivity index (χ2v) is 4.69. The third-order valence-electron chi connectivity index (χ3n) is 2.42. The molecule has 7 heteroatoms. The van der Waals surface area contributed by atoms with E-state index in [9.17, 15) is 0 Å². The Balaban J connectivity index is 1.87. The number of tetrazole rings is 1. The van der Waals surface area contributed by atoms with E-state index >= 15 is 0 Å². The average Bonchev–Trinajstić information content (AvgIpc) is 2.97. The van der Waals surface area contributed by atoms with Crippen molar-refractivity contribution < 1.29 is 0 Å². The van der Waals surface area contributed by atoms with Crippen molar-refractivity contribution in [1.82, 2.24) is 25.3 Å². The molecule has 0 bridgehead atoms. The first kappa shape index (κ1) is 10.2. The summed E-state index contributed by atoms with van der Waals surface area (Å²) >= 11 is 1.73. The van der Waals surface area contributed by atoms with Gasteiger partial charge in [-0.3, -0.25) is 0 Å². The maximum atomic E-state index is 4.33. The number of fused-ring (bicyclic) bond motifs is 1. The number of aromatic nitrogens is 5. The van der Waals surface area contributed by atoms with Crippen LogP contribution in [0.5, 0.6) is 0 Å². The van der Waals surface area contributed by atoms with E-state index in [-0.39, 0.29) is 0 Å². The predicted molar refractivity (Wildman–Crippen MR) is 65.0 cm³/mol. The van der Waals surface area contributed by atoms with E-state index in [0.29, 0.717) is 5.65 Å². The van der Waals surface area contributed by atoms with E-state index in [1.807, 2.05) is 25.2 Å². The van der Waals surface area contributed by atoms with E-state index in [1.54, 1.807) is 11.3 Å². The van der Waals surface area contributed by atoms with Crippen molar-refractivity contribution in [1.29, 1.82) is 0 Å². The fourth-order valence-electron chi connectivity index (χ4n) is 1.56. The van der Waals surface area contributed by atoms with Gasteiger partial charge in [-0.2, -0.15) is 0 Å². The van der Waals surface area contributed by atoms with Crippen LogP contribution in [0, 0.1) is 0 Å². The van der Waals surface area contributed by atoms with Gasteiger partial charge in [-0.15, -0.1) is 26.2 Å². The molecule has 3 aromatic rings. The molecule has 0 spiro atoms. The minimum absolute atomic E-state index is 0.651. The molecule has 3 heterocycles. The maximum Gasteiger partial charge on any atom is 0.200 e. The Morgan fingerprint density at radius 3 is 3.12 bits per heavy atom. The van der Waals surface area contributed by atoms with E-state index in [2.05, 4.69) is 37.0 Å². The molecule has 0 atom stereocenters. The molecule has 0 aliphatic rings. The smallest absolute Gasteiger partial charge is 0.200 e. The lowest BCUT2D eigenvalue weighted by Crippen LogP contribution is -2.18. The number of hydrogen-bond donors (Lipinski definition) is 0. The second kappa shape index (κ2) is 4.10. The normalized spacial score (nSPS) is 10.9. The van der Waals surface area contributed by atoms with Gasteiger partial charge in [0, 0.05) is 11.9 Å². The molecule has 0 unspecified atom stereocenters. The van der Waals surface area contributed by atoms with Gasteiger partial charge in [0.05, 0.1) is 6.54 Å². The van der Waals surface area contributed by atoms with Gasteiger partial charge >= 0.3 is 0 Å². The molecule has 0 radical (unpaired) electrons. The highest BCUT2D eigenvalue weighted by Crippen LogP contribution is 2.15. The predicted octanol–water partition coefficient (Wildman–Crippen LogP) is 1.22. The summed E-state index contributed by atoms with van der Waals surface area (Å²) in [6.07, 6.45) is 0. The number of hydrogen-bond acceptors (Lipinski definition) is 6. The zero-order valence-corrected chi connectivity index (χ0v) is 10.0. The Hall–Kier alpha value is -2.02. The number of thiophene rings is 1. The quantitative estimate of drug-likeness (QED) is 0.695. The molecular weight excluding hydrogens is 236 g/mol. The molecule has 0 aliphatic heterocycles. The first-order valence-electron chi connectivity index (χ1n) is 5.12. The van der Waals surface area contributed by atoms with Gasteiger partial charge in [-0.05, 0) is 34.0 Å². The topological polar surface area (TPSA) is 59.2 Å². The molecular formula is C10H10N6S. The summed E-state index contributed by atoms with van der Waals surface area (Å²) in [6, 6.07) is 7.93. The van der Waals surface area contributed by atoms with Crippen LogP contribution >= 0.6 is 11.3 Å². The van der Waals surface area contributed by atoms with Crippen LogP contribution in [-0.4, -0.2) is 32.3 Å². The molecule has 0 N–H and O–H groups in total. The van der Waals surface area contributed by atoms with Crippen LogP contribution in [0.25, 0.3) is 5.65 Å². The lowest BCUT2D eigenvalue weighted by atomic mass is 10.4. The molecule has 0 saturated heterocycles. The monoisotopic (exact) mass is 246 g/mol. The van der Waals surface area contributed by atoms with Crippen LogP contribution in [0.2, 0.25) is 0 Å². The van der Waals surface area contributed by atoms with Crippen LogP contribution in [0.15, 0.2) is 29.6 Å². The molecule has 0 fully saturated rings. The van der Waals surface area contributed by atoms with Crippen LogP contribution in [-0.2, 0) is 6.54 Å². The zero-order valence-electron chi connectivity index (χ0n) is 9.19. The van der Waals surface area contributed by atoms with Crippen molar-refractivity contribution in [3.63, 3.8) is 0 Å². The van der Waals surface area contributed by atoms with Gasteiger partial charge < -0.3 is 4.90 Å². The van der Waals surface area contributed by atoms with E-state index in [1.165, 1.54) is 9.51 Å². The molecule has 6 nitrogen and oxygen atoms in total. The van der Waals surface area contributed by atoms with Crippen LogP contribution in [0.1, 0.15) is 4.88 Å². The Morgan fingerprint density at radius 2 is 2.29 bits per heavy atom. The number of nitrogens with zero attached hydrogens (tertiary/aromatic N) is 6. The minimum Gasteiger partial charge on any atom is -0.353 e. The Kier molecular flexibility index (Phi) is 2.45. The number of anilines is 1. The van der Waals surface area contributed by atoms with Gasteiger partial charge in [0.1, 0.15) is 0 Å². The third-order valence-corrected chi connectivity index (χ3v) is 3.28. The molecule has 3 aromatic heterocycles. The SMILES string of the molecule is CN(Cc1cccs1)c1ccc2nnnn2n1. The first-order chi connectivity index (χ1) is 8.33. The summed E-state index contributed by atoms with van der Waals surface area (Å²) in [6.45, 7) is 0.832. The van der Waals surface area contributed by atoms with Gasteiger partial charge in [0.15, 0.2) is 11.5 Å². The zero-order chi connectivity index (χ0) is 11.7. The fraction of sp³-hybridized carbons (Fsp3) is 0.200. The van der Waals surface area contributed by atoms with Crippen LogP contribution < -0.4 is 4.90 Å². The Morgan fingerprint density at radius 1 is 1.35 bits per heavy atom. The number of rotatable bonds is 3. The maximum absolute atomic E-state index is 4.33. The van der Waals surface area contributed by atoms with Crippen molar-refractivity contribution in [3.8, 4) is 0 Å². The van der Waals surface area contributed by atoms with Gasteiger partial charge in [0.2, 0.25) is 0 Å². The highest BCUT2D eigenvalue weighted by Gasteiger charge is 2.06. The third kappa shape index (κ3) is 1.96. The summed E-state index contributed by atoms with van der Waals surface area (Å²) in [5.41, 5.74) is 0.651. The lowest BCUT2D eigenvalue weighted by molar-refractivity contribution is 0.721. The highest BCUT2D eigenvalue weighted by molar-refractivity contribution is 7.09.